The SMILES string of the molecule is CNCc1ccc(N(C)C2CCOCC2)nn1. The highest BCUT2D eigenvalue weighted by atomic mass is 16.5. The third-order valence-corrected chi connectivity index (χ3v) is 3.16. The van der Waals surface area contributed by atoms with Crippen LogP contribution in [0.5, 0.6) is 0 Å². The van der Waals surface area contributed by atoms with Gasteiger partial charge in [-0.25, -0.2) is 0 Å². The van der Waals surface area contributed by atoms with Crippen molar-refractivity contribution in [3.63, 3.8) is 0 Å². The summed E-state index contributed by atoms with van der Waals surface area (Å²) in [6.07, 6.45) is 2.13. The Labute approximate surface area is 102 Å². The second-order valence-electron chi connectivity index (χ2n) is 4.37. The quantitative estimate of drug-likeness (QED) is 0.838. The maximum Gasteiger partial charge on any atom is 0.151 e. The Hall–Kier alpha value is -1.20. The van der Waals surface area contributed by atoms with Crippen molar-refractivity contribution in [3.05, 3.63) is 17.8 Å². The van der Waals surface area contributed by atoms with E-state index >= 15 is 0 Å². The van der Waals surface area contributed by atoms with Crippen molar-refractivity contribution in [3.8, 4) is 0 Å². The molecule has 0 spiro atoms. The van der Waals surface area contributed by atoms with E-state index in [1.54, 1.807) is 0 Å². The molecule has 1 N–H and O–H groups in total. The first-order valence-corrected chi connectivity index (χ1v) is 6.09. The van der Waals surface area contributed by atoms with Gasteiger partial charge in [-0.15, -0.1) is 5.10 Å². The molecule has 94 valence electrons. The third kappa shape index (κ3) is 3.14. The van der Waals surface area contributed by atoms with E-state index in [0.717, 1.165) is 44.1 Å². The highest BCUT2D eigenvalue weighted by molar-refractivity contribution is 5.37. The van der Waals surface area contributed by atoms with Gasteiger partial charge in [0, 0.05) is 32.8 Å². The molecular weight excluding hydrogens is 216 g/mol. The summed E-state index contributed by atoms with van der Waals surface area (Å²) in [7, 11) is 3.99. The lowest BCUT2D eigenvalue weighted by atomic mass is 10.1. The van der Waals surface area contributed by atoms with Gasteiger partial charge in [-0.05, 0) is 32.0 Å². The van der Waals surface area contributed by atoms with Crippen LogP contribution in [0.4, 0.5) is 5.82 Å². The maximum absolute atomic E-state index is 5.37. The predicted molar refractivity (Wildman–Crippen MR) is 67.0 cm³/mol. The van der Waals surface area contributed by atoms with Crippen molar-refractivity contribution in [2.45, 2.75) is 25.4 Å². The van der Waals surface area contributed by atoms with Gasteiger partial charge in [-0.1, -0.05) is 0 Å². The Balaban J connectivity index is 2.00. The minimum Gasteiger partial charge on any atom is -0.381 e. The smallest absolute Gasteiger partial charge is 0.151 e. The van der Waals surface area contributed by atoms with Crippen molar-refractivity contribution in [1.82, 2.24) is 15.5 Å². The monoisotopic (exact) mass is 236 g/mol. The van der Waals surface area contributed by atoms with Crippen LogP contribution in [-0.4, -0.2) is 43.5 Å². The minimum atomic E-state index is 0.521. The van der Waals surface area contributed by atoms with E-state index in [-0.39, 0.29) is 0 Å². The van der Waals surface area contributed by atoms with Gasteiger partial charge in [0.2, 0.25) is 0 Å². The molecule has 0 radical (unpaired) electrons. The first-order chi connectivity index (χ1) is 8.31. The second kappa shape index (κ2) is 5.93. The number of nitrogens with one attached hydrogen (secondary N) is 1. The highest BCUT2D eigenvalue weighted by Gasteiger charge is 2.19. The number of hydrogen-bond donors (Lipinski definition) is 1. The molecule has 0 unspecified atom stereocenters. The molecule has 1 aliphatic rings. The summed E-state index contributed by atoms with van der Waals surface area (Å²) in [6, 6.07) is 4.58. The fourth-order valence-corrected chi connectivity index (χ4v) is 2.08. The number of ether oxygens (including phenoxy) is 1. The van der Waals surface area contributed by atoms with Crippen molar-refractivity contribution in [1.29, 1.82) is 0 Å². The summed E-state index contributed by atoms with van der Waals surface area (Å²) < 4.78 is 5.37. The molecule has 0 bridgehead atoms. The molecule has 0 amide bonds. The molecule has 5 nitrogen and oxygen atoms in total. The Kier molecular flexibility index (Phi) is 4.28. The van der Waals surface area contributed by atoms with E-state index in [1.165, 1.54) is 0 Å². The number of anilines is 1. The van der Waals surface area contributed by atoms with Crippen LogP contribution in [0, 0.1) is 0 Å². The zero-order valence-corrected chi connectivity index (χ0v) is 10.5. The molecule has 1 saturated heterocycles. The Morgan fingerprint density at radius 2 is 2.12 bits per heavy atom. The fourth-order valence-electron chi connectivity index (χ4n) is 2.08. The molecule has 1 fully saturated rings. The van der Waals surface area contributed by atoms with Crippen LogP contribution >= 0.6 is 0 Å². The zero-order valence-electron chi connectivity index (χ0n) is 10.5. The van der Waals surface area contributed by atoms with E-state index in [2.05, 4.69) is 27.5 Å². The molecule has 1 aromatic rings. The van der Waals surface area contributed by atoms with Crippen LogP contribution in [0.3, 0.4) is 0 Å². The normalized spacial score (nSPS) is 17.1. The zero-order chi connectivity index (χ0) is 12.1. The van der Waals surface area contributed by atoms with E-state index in [0.29, 0.717) is 6.04 Å². The molecular formula is C12H20N4O. The molecule has 1 aromatic heterocycles. The second-order valence-corrected chi connectivity index (χ2v) is 4.37. The molecule has 1 aliphatic heterocycles. The van der Waals surface area contributed by atoms with E-state index < -0.39 is 0 Å². The number of aromatic nitrogens is 2. The lowest BCUT2D eigenvalue weighted by molar-refractivity contribution is 0.0853. The summed E-state index contributed by atoms with van der Waals surface area (Å²) in [5.41, 5.74) is 0.969. The third-order valence-electron chi connectivity index (χ3n) is 3.16. The lowest BCUT2D eigenvalue weighted by Crippen LogP contribution is -2.37. The Morgan fingerprint density at radius 1 is 1.35 bits per heavy atom. The molecule has 2 rings (SSSR count). The summed E-state index contributed by atoms with van der Waals surface area (Å²) in [5.74, 6) is 0.941. The van der Waals surface area contributed by atoms with Crippen molar-refractivity contribution in [2.75, 3.05) is 32.2 Å². The van der Waals surface area contributed by atoms with Gasteiger partial charge < -0.3 is 15.0 Å². The van der Waals surface area contributed by atoms with Crippen LogP contribution in [0.2, 0.25) is 0 Å². The van der Waals surface area contributed by atoms with Crippen molar-refractivity contribution in [2.24, 2.45) is 0 Å². The minimum absolute atomic E-state index is 0.521. The summed E-state index contributed by atoms with van der Waals surface area (Å²) >= 11 is 0. The average molecular weight is 236 g/mol. The Bertz CT molecular complexity index is 335. The molecule has 2 heterocycles. The largest absolute Gasteiger partial charge is 0.381 e. The number of nitrogens with zero attached hydrogens (tertiary/aromatic N) is 3. The molecule has 0 aliphatic carbocycles. The fraction of sp³-hybridized carbons (Fsp3) is 0.667. The van der Waals surface area contributed by atoms with Gasteiger partial charge in [-0.3, -0.25) is 0 Å². The van der Waals surface area contributed by atoms with Crippen molar-refractivity contribution < 1.29 is 4.74 Å². The molecule has 17 heavy (non-hydrogen) atoms. The molecule has 5 heteroatoms. The maximum atomic E-state index is 5.37. The number of hydrogen-bond acceptors (Lipinski definition) is 5. The van der Waals surface area contributed by atoms with Gasteiger partial charge in [0.25, 0.3) is 0 Å². The standard InChI is InChI=1S/C12H20N4O/c1-13-9-10-3-4-12(15-14-10)16(2)11-5-7-17-8-6-11/h3-4,11,13H,5-9H2,1-2H3. The first kappa shape index (κ1) is 12.3. The number of rotatable bonds is 4. The molecule has 0 aromatic carbocycles. The summed E-state index contributed by atoms with van der Waals surface area (Å²) in [4.78, 5) is 2.21. The first-order valence-electron chi connectivity index (χ1n) is 6.09. The average Bonchev–Trinajstić information content (AvgIpc) is 2.40. The summed E-state index contributed by atoms with van der Waals surface area (Å²) in [5, 5.41) is 11.5. The van der Waals surface area contributed by atoms with Gasteiger partial charge >= 0.3 is 0 Å². The van der Waals surface area contributed by atoms with E-state index in [4.69, 9.17) is 4.74 Å². The molecule has 0 atom stereocenters. The van der Waals surface area contributed by atoms with Gasteiger partial charge in [-0.2, -0.15) is 5.10 Å². The van der Waals surface area contributed by atoms with Crippen LogP contribution in [0.25, 0.3) is 0 Å². The lowest BCUT2D eigenvalue weighted by Gasteiger charge is -2.31. The summed E-state index contributed by atoms with van der Waals surface area (Å²) in [6.45, 7) is 2.45. The van der Waals surface area contributed by atoms with Crippen LogP contribution in [-0.2, 0) is 11.3 Å². The highest BCUT2D eigenvalue weighted by Crippen LogP contribution is 2.18. The van der Waals surface area contributed by atoms with Crippen molar-refractivity contribution >= 4 is 5.82 Å². The van der Waals surface area contributed by atoms with E-state index in [9.17, 15) is 0 Å². The van der Waals surface area contributed by atoms with Crippen LogP contribution in [0.1, 0.15) is 18.5 Å². The van der Waals surface area contributed by atoms with Crippen LogP contribution in [0.15, 0.2) is 12.1 Å². The van der Waals surface area contributed by atoms with Gasteiger partial charge in [0.15, 0.2) is 5.82 Å². The van der Waals surface area contributed by atoms with Gasteiger partial charge in [0.05, 0.1) is 5.69 Å². The van der Waals surface area contributed by atoms with Gasteiger partial charge in [0.1, 0.15) is 0 Å². The van der Waals surface area contributed by atoms with Crippen LogP contribution < -0.4 is 10.2 Å². The topological polar surface area (TPSA) is 50.3 Å². The van der Waals surface area contributed by atoms with E-state index in [1.807, 2.05) is 19.2 Å². The predicted octanol–water partition coefficient (Wildman–Crippen LogP) is 0.811. The Morgan fingerprint density at radius 3 is 2.71 bits per heavy atom. The molecule has 0 saturated carbocycles.